The first kappa shape index (κ1) is 26.1. The van der Waals surface area contributed by atoms with E-state index in [4.69, 9.17) is 0 Å². The number of nitrogens with zero attached hydrogens (tertiary/aromatic N) is 4. The second-order valence-electron chi connectivity index (χ2n) is 6.92. The molecular formula is C19H35IN6O2S. The molecule has 0 spiro atoms. The molecule has 0 aliphatic carbocycles. The molecule has 29 heavy (non-hydrogen) atoms. The van der Waals surface area contributed by atoms with Crippen LogP contribution in [0.5, 0.6) is 0 Å². The Hall–Kier alpha value is -0.980. The van der Waals surface area contributed by atoms with Gasteiger partial charge in [0.15, 0.2) is 5.96 Å². The van der Waals surface area contributed by atoms with Crippen molar-refractivity contribution in [3.63, 3.8) is 0 Å². The summed E-state index contributed by atoms with van der Waals surface area (Å²) in [5, 5.41) is 6.56. The second-order valence-corrected chi connectivity index (χ2v) is 9.00. The van der Waals surface area contributed by atoms with Crippen LogP contribution >= 0.6 is 24.0 Å². The van der Waals surface area contributed by atoms with Gasteiger partial charge in [0.1, 0.15) is 0 Å². The molecular weight excluding hydrogens is 503 g/mol. The smallest absolute Gasteiger partial charge is 0.215 e. The lowest BCUT2D eigenvalue weighted by molar-refractivity contribution is 0.196. The maximum atomic E-state index is 12.3. The van der Waals surface area contributed by atoms with E-state index in [1.807, 2.05) is 32.2 Å². The Morgan fingerprint density at radius 1 is 1.28 bits per heavy atom. The van der Waals surface area contributed by atoms with Crippen molar-refractivity contribution in [2.24, 2.45) is 4.99 Å². The molecule has 1 fully saturated rings. The molecule has 1 aromatic rings. The van der Waals surface area contributed by atoms with Crippen molar-refractivity contribution in [1.29, 1.82) is 0 Å². The molecule has 0 amide bonds. The Kier molecular flexibility index (Phi) is 12.0. The summed E-state index contributed by atoms with van der Waals surface area (Å²) in [6.07, 6.45) is 3.87. The fraction of sp³-hybridized carbons (Fsp3) is 0.684. The summed E-state index contributed by atoms with van der Waals surface area (Å²) in [5.41, 5.74) is 1.10. The molecule has 166 valence electrons. The van der Waals surface area contributed by atoms with Crippen LogP contribution in [0.25, 0.3) is 0 Å². The van der Waals surface area contributed by atoms with Gasteiger partial charge in [0.05, 0.1) is 11.4 Å². The van der Waals surface area contributed by atoms with Crippen LogP contribution in [0.2, 0.25) is 0 Å². The van der Waals surface area contributed by atoms with Gasteiger partial charge in [-0.3, -0.25) is 14.9 Å². The highest BCUT2D eigenvalue weighted by molar-refractivity contribution is 14.0. The van der Waals surface area contributed by atoms with Gasteiger partial charge in [-0.05, 0) is 25.0 Å². The molecule has 10 heteroatoms. The first-order chi connectivity index (χ1) is 13.5. The Bertz CT molecular complexity index is 705. The van der Waals surface area contributed by atoms with Gasteiger partial charge < -0.3 is 10.6 Å². The summed E-state index contributed by atoms with van der Waals surface area (Å²) in [5.74, 6) is 0.732. The molecule has 8 nitrogen and oxygen atoms in total. The summed E-state index contributed by atoms with van der Waals surface area (Å²) in [4.78, 5) is 11.0. The molecule has 2 N–H and O–H groups in total. The number of aromatic nitrogens is 1. The normalized spacial score (nSPS) is 16.5. The largest absolute Gasteiger partial charge is 0.355 e. The highest BCUT2D eigenvalue weighted by Crippen LogP contribution is 2.12. The number of sulfonamides is 1. The third-order valence-corrected chi connectivity index (χ3v) is 7.04. The maximum Gasteiger partial charge on any atom is 0.215 e. The number of piperidine rings is 1. The summed E-state index contributed by atoms with van der Waals surface area (Å²) >= 11 is 0. The molecule has 1 aromatic heterocycles. The summed E-state index contributed by atoms with van der Waals surface area (Å²) in [6.45, 7) is 7.94. The van der Waals surface area contributed by atoms with Crippen LogP contribution in [0.4, 0.5) is 0 Å². The lowest BCUT2D eigenvalue weighted by Crippen LogP contribution is -2.49. The molecule has 0 aromatic carbocycles. The molecule has 1 aliphatic heterocycles. The second kappa shape index (κ2) is 13.3. The zero-order valence-corrected chi connectivity index (χ0v) is 20.8. The fourth-order valence-corrected chi connectivity index (χ4v) is 4.79. The Labute approximate surface area is 192 Å². The van der Waals surface area contributed by atoms with E-state index in [2.05, 4.69) is 31.6 Å². The number of halogens is 1. The lowest BCUT2D eigenvalue weighted by Gasteiger charge is -2.32. The van der Waals surface area contributed by atoms with Gasteiger partial charge in [-0.1, -0.05) is 19.9 Å². The van der Waals surface area contributed by atoms with E-state index >= 15 is 0 Å². The summed E-state index contributed by atoms with van der Waals surface area (Å²) < 4.78 is 26.0. The average molecular weight is 539 g/mol. The van der Waals surface area contributed by atoms with E-state index in [0.717, 1.165) is 38.2 Å². The summed E-state index contributed by atoms with van der Waals surface area (Å²) in [7, 11) is -1.51. The zero-order chi connectivity index (χ0) is 20.4. The molecule has 1 aliphatic rings. The van der Waals surface area contributed by atoms with Gasteiger partial charge in [-0.25, -0.2) is 12.7 Å². The van der Waals surface area contributed by atoms with Crippen molar-refractivity contribution in [2.45, 2.75) is 39.3 Å². The van der Waals surface area contributed by atoms with E-state index in [1.165, 1.54) is 4.31 Å². The summed E-state index contributed by atoms with van der Waals surface area (Å²) in [6, 6.07) is 6.35. The van der Waals surface area contributed by atoms with Crippen molar-refractivity contribution in [3.05, 3.63) is 30.1 Å². The Morgan fingerprint density at radius 2 is 1.97 bits per heavy atom. The number of guanidine groups is 1. The highest BCUT2D eigenvalue weighted by atomic mass is 127. The van der Waals surface area contributed by atoms with Gasteiger partial charge in [0, 0.05) is 58.6 Å². The third kappa shape index (κ3) is 8.73. The van der Waals surface area contributed by atoms with E-state index in [9.17, 15) is 8.42 Å². The minimum Gasteiger partial charge on any atom is -0.355 e. The number of rotatable bonds is 9. The van der Waals surface area contributed by atoms with Crippen LogP contribution in [0.3, 0.4) is 0 Å². The van der Waals surface area contributed by atoms with Crippen molar-refractivity contribution < 1.29 is 8.42 Å². The first-order valence-corrected chi connectivity index (χ1v) is 11.7. The maximum absolute atomic E-state index is 12.3. The van der Waals surface area contributed by atoms with Gasteiger partial charge >= 0.3 is 0 Å². The van der Waals surface area contributed by atoms with Crippen LogP contribution in [0.1, 0.15) is 32.4 Å². The first-order valence-electron chi connectivity index (χ1n) is 10.1. The number of pyridine rings is 1. The quantitative estimate of drug-likeness (QED) is 0.282. The van der Waals surface area contributed by atoms with E-state index in [-0.39, 0.29) is 29.7 Å². The zero-order valence-electron chi connectivity index (χ0n) is 17.7. The minimum absolute atomic E-state index is 0. The third-order valence-electron chi connectivity index (χ3n) is 5.02. The van der Waals surface area contributed by atoms with Crippen LogP contribution < -0.4 is 10.6 Å². The predicted octanol–water partition coefficient (Wildman–Crippen LogP) is 1.50. The van der Waals surface area contributed by atoms with E-state index in [0.29, 0.717) is 31.6 Å². The monoisotopic (exact) mass is 538 g/mol. The van der Waals surface area contributed by atoms with Crippen LogP contribution in [-0.2, 0) is 16.6 Å². The molecule has 0 unspecified atom stereocenters. The number of hydrogen-bond acceptors (Lipinski definition) is 5. The van der Waals surface area contributed by atoms with Crippen molar-refractivity contribution in [2.75, 3.05) is 45.5 Å². The van der Waals surface area contributed by atoms with Gasteiger partial charge in [0.2, 0.25) is 10.0 Å². The standard InChI is InChI=1S/C19H34N6O2S.HI/c1-4-25(5-2)28(26,27)15-12-22-19(20-3)23-17-9-13-24(14-10-17)16-18-8-6-7-11-21-18;/h6-8,11,17H,4-5,9-10,12-16H2,1-3H3,(H2,20,22,23);1H. The molecule has 0 radical (unpaired) electrons. The number of likely N-dealkylation sites (tertiary alicyclic amines) is 1. The van der Waals surface area contributed by atoms with Crippen molar-refractivity contribution in [3.8, 4) is 0 Å². The molecule has 2 rings (SSSR count). The van der Waals surface area contributed by atoms with Crippen LogP contribution in [-0.4, -0.2) is 80.1 Å². The topological polar surface area (TPSA) is 89.9 Å². The molecule has 0 saturated carbocycles. The minimum atomic E-state index is -3.22. The molecule has 1 saturated heterocycles. The Balaban J connectivity index is 0.00000420. The number of hydrogen-bond donors (Lipinski definition) is 2. The number of aliphatic imine (C=N–C) groups is 1. The van der Waals surface area contributed by atoms with Gasteiger partial charge in [-0.15, -0.1) is 24.0 Å². The molecule has 2 heterocycles. The number of nitrogens with one attached hydrogen (secondary N) is 2. The van der Waals surface area contributed by atoms with Crippen LogP contribution in [0, 0.1) is 0 Å². The van der Waals surface area contributed by atoms with Gasteiger partial charge in [0.25, 0.3) is 0 Å². The SMILES string of the molecule is CCN(CC)S(=O)(=O)CCNC(=NC)NC1CCN(Cc2ccccn2)CC1.I. The van der Waals surface area contributed by atoms with E-state index in [1.54, 1.807) is 7.05 Å². The lowest BCUT2D eigenvalue weighted by atomic mass is 10.1. The predicted molar refractivity (Wildman–Crippen MR) is 129 cm³/mol. The molecule has 0 atom stereocenters. The molecule has 0 bridgehead atoms. The average Bonchev–Trinajstić information content (AvgIpc) is 2.70. The van der Waals surface area contributed by atoms with Crippen molar-refractivity contribution >= 4 is 40.0 Å². The van der Waals surface area contributed by atoms with Crippen LogP contribution in [0.15, 0.2) is 29.4 Å². The fourth-order valence-electron chi connectivity index (χ4n) is 3.39. The van der Waals surface area contributed by atoms with Crippen molar-refractivity contribution in [1.82, 2.24) is 24.8 Å². The Morgan fingerprint density at radius 3 is 2.52 bits per heavy atom. The van der Waals surface area contributed by atoms with E-state index < -0.39 is 10.0 Å². The van der Waals surface area contributed by atoms with Gasteiger partial charge in [-0.2, -0.15) is 0 Å². The highest BCUT2D eigenvalue weighted by Gasteiger charge is 2.21.